The number of nitrogens with one attached hydrogen (secondary N) is 2. The predicted octanol–water partition coefficient (Wildman–Crippen LogP) is 4.49. The van der Waals surface area contributed by atoms with Crippen LogP contribution in [0.25, 0.3) is 0 Å². The Morgan fingerprint density at radius 2 is 2.12 bits per heavy atom. The van der Waals surface area contributed by atoms with E-state index in [0.717, 1.165) is 0 Å². The molecular weight excluding hydrogens is 447 g/mol. The number of rotatable bonds is 4. The van der Waals surface area contributed by atoms with E-state index < -0.39 is 12.0 Å². The zero-order chi connectivity index (χ0) is 18.8. The topological polar surface area (TPSA) is 76.7 Å². The van der Waals surface area contributed by atoms with E-state index in [1.165, 1.54) is 6.07 Å². The molecule has 1 atom stereocenters. The van der Waals surface area contributed by atoms with Gasteiger partial charge in [-0.3, -0.25) is 9.59 Å². The molecule has 2 amide bonds. The van der Waals surface area contributed by atoms with E-state index in [0.29, 0.717) is 32.4 Å². The Labute approximate surface area is 167 Å². The van der Waals surface area contributed by atoms with Gasteiger partial charge in [-0.2, -0.15) is 0 Å². The van der Waals surface area contributed by atoms with Gasteiger partial charge in [-0.25, -0.2) is 0 Å². The quantitative estimate of drug-likeness (QED) is 0.705. The van der Waals surface area contributed by atoms with E-state index in [4.69, 9.17) is 32.7 Å². The highest BCUT2D eigenvalue weighted by molar-refractivity contribution is 9.10. The molecule has 26 heavy (non-hydrogen) atoms. The molecule has 1 aliphatic rings. The summed E-state index contributed by atoms with van der Waals surface area (Å²) in [7, 11) is 0. The molecule has 2 aromatic rings. The van der Waals surface area contributed by atoms with E-state index in [2.05, 4.69) is 26.6 Å². The molecule has 0 unspecified atom stereocenters. The molecule has 1 heterocycles. The van der Waals surface area contributed by atoms with Crippen molar-refractivity contribution in [1.29, 1.82) is 0 Å². The molecule has 0 radical (unpaired) electrons. The molecule has 0 fully saturated rings. The first kappa shape index (κ1) is 18.8. The van der Waals surface area contributed by atoms with Crippen LogP contribution < -0.4 is 20.1 Å². The van der Waals surface area contributed by atoms with Gasteiger partial charge in [0.2, 0.25) is 0 Å². The Bertz CT molecular complexity index is 891. The first-order valence-electron chi connectivity index (χ1n) is 7.52. The molecule has 2 N–H and O–H groups in total. The fourth-order valence-corrected chi connectivity index (χ4v) is 3.23. The number of hydrogen-bond donors (Lipinski definition) is 2. The maximum Gasteiger partial charge on any atom is 0.265 e. The number of carbonyl (C=O) groups is 2. The Hall–Kier alpha value is -1.96. The number of amides is 2. The van der Waals surface area contributed by atoms with Gasteiger partial charge in [0.25, 0.3) is 11.8 Å². The normalized spacial score (nSPS) is 13.9. The third kappa shape index (κ3) is 4.23. The molecule has 0 saturated carbocycles. The van der Waals surface area contributed by atoms with Gasteiger partial charge < -0.3 is 20.1 Å². The van der Waals surface area contributed by atoms with Gasteiger partial charge in [0.05, 0.1) is 20.9 Å². The predicted molar refractivity (Wildman–Crippen MR) is 103 cm³/mol. The lowest BCUT2D eigenvalue weighted by molar-refractivity contribution is -0.122. The molecule has 0 bridgehead atoms. The lowest BCUT2D eigenvalue weighted by Crippen LogP contribution is -2.30. The summed E-state index contributed by atoms with van der Waals surface area (Å²) in [6.45, 7) is 1.52. The standard InChI is InChI=1S/C17H13BrCl2N2O4/c1-8(26-14-3-2-9(19)4-10(14)18)17(24)22-12-6-15-13(5-11(12)20)21-16(23)7-25-15/h2-6,8H,7H2,1H3,(H,21,23)(H,22,24)/t8-/m0/s1. The van der Waals surface area contributed by atoms with Crippen LogP contribution in [0.1, 0.15) is 6.92 Å². The van der Waals surface area contributed by atoms with Crippen molar-refractivity contribution in [2.24, 2.45) is 0 Å². The number of anilines is 2. The Morgan fingerprint density at radius 3 is 2.85 bits per heavy atom. The van der Waals surface area contributed by atoms with Crippen LogP contribution in [0.5, 0.6) is 11.5 Å². The lowest BCUT2D eigenvalue weighted by Gasteiger charge is -2.20. The minimum Gasteiger partial charge on any atom is -0.482 e. The van der Waals surface area contributed by atoms with Gasteiger partial charge in [0.15, 0.2) is 12.7 Å². The van der Waals surface area contributed by atoms with Gasteiger partial charge in [-0.1, -0.05) is 23.2 Å². The van der Waals surface area contributed by atoms with Crippen molar-refractivity contribution in [2.45, 2.75) is 13.0 Å². The third-order valence-electron chi connectivity index (χ3n) is 3.53. The van der Waals surface area contributed by atoms with E-state index in [1.54, 1.807) is 31.2 Å². The summed E-state index contributed by atoms with van der Waals surface area (Å²) in [6.07, 6.45) is -0.791. The third-order valence-corrected chi connectivity index (χ3v) is 4.69. The molecule has 6 nitrogen and oxygen atoms in total. The SMILES string of the molecule is C[C@H](Oc1ccc(Cl)cc1Br)C(=O)Nc1cc2c(cc1Cl)NC(=O)CO2. The Balaban J connectivity index is 1.72. The number of hydrogen-bond acceptors (Lipinski definition) is 4. The van der Waals surface area contributed by atoms with Crippen molar-refractivity contribution in [1.82, 2.24) is 0 Å². The zero-order valence-corrected chi connectivity index (χ0v) is 16.5. The molecule has 2 aromatic carbocycles. The summed E-state index contributed by atoms with van der Waals surface area (Å²) in [5.41, 5.74) is 0.816. The van der Waals surface area contributed by atoms with E-state index in [-0.39, 0.29) is 17.5 Å². The van der Waals surface area contributed by atoms with Crippen molar-refractivity contribution in [3.05, 3.63) is 44.8 Å². The number of benzene rings is 2. The highest BCUT2D eigenvalue weighted by Gasteiger charge is 2.21. The maximum absolute atomic E-state index is 12.4. The van der Waals surface area contributed by atoms with Crippen molar-refractivity contribution in [3.8, 4) is 11.5 Å². The fraction of sp³-hybridized carbons (Fsp3) is 0.176. The molecule has 0 aromatic heterocycles. The molecule has 0 saturated heterocycles. The van der Waals surface area contributed by atoms with Crippen molar-refractivity contribution in [3.63, 3.8) is 0 Å². The van der Waals surface area contributed by atoms with Gasteiger partial charge in [-0.05, 0) is 47.1 Å². The fourth-order valence-electron chi connectivity index (χ4n) is 2.24. The summed E-state index contributed by atoms with van der Waals surface area (Å²) < 4.78 is 11.6. The van der Waals surface area contributed by atoms with Gasteiger partial charge in [0, 0.05) is 11.1 Å². The van der Waals surface area contributed by atoms with Crippen molar-refractivity contribution in [2.75, 3.05) is 17.2 Å². The van der Waals surface area contributed by atoms with E-state index in [9.17, 15) is 9.59 Å². The minimum atomic E-state index is -0.791. The number of ether oxygens (including phenoxy) is 2. The van der Waals surface area contributed by atoms with Crippen molar-refractivity contribution >= 4 is 62.3 Å². The maximum atomic E-state index is 12.4. The molecule has 0 aliphatic carbocycles. The second-order valence-corrected chi connectivity index (χ2v) is 7.19. The van der Waals surface area contributed by atoms with Crippen LogP contribution in [0.4, 0.5) is 11.4 Å². The summed E-state index contributed by atoms with van der Waals surface area (Å²) in [5, 5.41) is 6.15. The summed E-state index contributed by atoms with van der Waals surface area (Å²) in [5.74, 6) is 0.257. The average molecular weight is 460 g/mol. The molecular formula is C17H13BrCl2N2O4. The second kappa shape index (κ2) is 7.73. The average Bonchev–Trinajstić information content (AvgIpc) is 2.58. The summed E-state index contributed by atoms with van der Waals surface area (Å²) in [6, 6.07) is 8.08. The van der Waals surface area contributed by atoms with Crippen LogP contribution in [0.2, 0.25) is 10.0 Å². The Kier molecular flexibility index (Phi) is 5.60. The van der Waals surface area contributed by atoms with Crippen LogP contribution in [0.3, 0.4) is 0 Å². The smallest absolute Gasteiger partial charge is 0.265 e. The van der Waals surface area contributed by atoms with Gasteiger partial charge in [-0.15, -0.1) is 0 Å². The highest BCUT2D eigenvalue weighted by atomic mass is 79.9. The van der Waals surface area contributed by atoms with Crippen LogP contribution in [-0.4, -0.2) is 24.5 Å². The molecule has 3 rings (SSSR count). The molecule has 136 valence electrons. The summed E-state index contributed by atoms with van der Waals surface area (Å²) in [4.78, 5) is 23.8. The second-order valence-electron chi connectivity index (χ2n) is 5.49. The number of carbonyl (C=O) groups excluding carboxylic acids is 2. The van der Waals surface area contributed by atoms with Crippen LogP contribution in [0.15, 0.2) is 34.8 Å². The van der Waals surface area contributed by atoms with Crippen LogP contribution in [-0.2, 0) is 9.59 Å². The lowest BCUT2D eigenvalue weighted by atomic mass is 10.2. The van der Waals surface area contributed by atoms with Gasteiger partial charge >= 0.3 is 0 Å². The van der Waals surface area contributed by atoms with E-state index >= 15 is 0 Å². The summed E-state index contributed by atoms with van der Waals surface area (Å²) >= 11 is 15.4. The number of halogens is 3. The van der Waals surface area contributed by atoms with Gasteiger partial charge in [0.1, 0.15) is 11.5 Å². The van der Waals surface area contributed by atoms with Crippen LogP contribution in [0, 0.1) is 0 Å². The molecule has 1 aliphatic heterocycles. The number of fused-ring (bicyclic) bond motifs is 1. The zero-order valence-electron chi connectivity index (χ0n) is 13.4. The highest BCUT2D eigenvalue weighted by Crippen LogP contribution is 2.36. The Morgan fingerprint density at radius 1 is 1.35 bits per heavy atom. The van der Waals surface area contributed by atoms with Crippen LogP contribution >= 0.6 is 39.1 Å². The molecule has 0 spiro atoms. The van der Waals surface area contributed by atoms with E-state index in [1.807, 2.05) is 0 Å². The van der Waals surface area contributed by atoms with Crippen molar-refractivity contribution < 1.29 is 19.1 Å². The monoisotopic (exact) mass is 458 g/mol. The molecule has 9 heteroatoms. The minimum absolute atomic E-state index is 0.0911. The first-order chi connectivity index (χ1) is 12.3. The largest absolute Gasteiger partial charge is 0.482 e. The first-order valence-corrected chi connectivity index (χ1v) is 9.07.